The predicted octanol–water partition coefficient (Wildman–Crippen LogP) is 0.815. The zero-order valence-corrected chi connectivity index (χ0v) is 8.17. The van der Waals surface area contributed by atoms with Gasteiger partial charge < -0.3 is 5.32 Å². The predicted molar refractivity (Wildman–Crippen MR) is 50.4 cm³/mol. The van der Waals surface area contributed by atoms with Gasteiger partial charge >= 0.3 is 0 Å². The fraction of sp³-hybridized carbons (Fsp3) is 1.00. The second-order valence-corrected chi connectivity index (χ2v) is 3.86. The van der Waals surface area contributed by atoms with Gasteiger partial charge in [0.1, 0.15) is 0 Å². The van der Waals surface area contributed by atoms with Gasteiger partial charge in [-0.3, -0.25) is 4.90 Å². The SMILES string of the molecule is ICN1C2CCC1CNC2. The van der Waals surface area contributed by atoms with Crippen LogP contribution < -0.4 is 5.32 Å². The summed E-state index contributed by atoms with van der Waals surface area (Å²) in [4.78, 5) is 2.64. The number of nitrogens with zero attached hydrogens (tertiary/aromatic N) is 1. The topological polar surface area (TPSA) is 15.3 Å². The molecule has 2 atom stereocenters. The van der Waals surface area contributed by atoms with Crippen LogP contribution in [0.15, 0.2) is 0 Å². The Kier molecular flexibility index (Phi) is 2.15. The van der Waals surface area contributed by atoms with Crippen LogP contribution in [0.5, 0.6) is 0 Å². The third-order valence-electron chi connectivity index (χ3n) is 2.67. The molecule has 0 saturated carbocycles. The van der Waals surface area contributed by atoms with E-state index < -0.39 is 0 Å². The van der Waals surface area contributed by atoms with Crippen LogP contribution in [0.4, 0.5) is 0 Å². The number of rotatable bonds is 1. The van der Waals surface area contributed by atoms with Crippen molar-refractivity contribution in [3.05, 3.63) is 0 Å². The van der Waals surface area contributed by atoms with Crippen molar-refractivity contribution in [3.8, 4) is 0 Å². The molecule has 0 spiro atoms. The van der Waals surface area contributed by atoms with Gasteiger partial charge in [-0.05, 0) is 12.8 Å². The molecule has 2 nitrogen and oxygen atoms in total. The highest BCUT2D eigenvalue weighted by Gasteiger charge is 2.35. The minimum Gasteiger partial charge on any atom is -0.314 e. The van der Waals surface area contributed by atoms with Crippen molar-refractivity contribution in [1.82, 2.24) is 10.2 Å². The molecule has 58 valence electrons. The highest BCUT2D eigenvalue weighted by Crippen LogP contribution is 2.26. The highest BCUT2D eigenvalue weighted by molar-refractivity contribution is 14.1. The number of alkyl halides is 1. The summed E-state index contributed by atoms with van der Waals surface area (Å²) >= 11 is 2.48. The maximum absolute atomic E-state index is 3.47. The Morgan fingerprint density at radius 1 is 1.30 bits per heavy atom. The van der Waals surface area contributed by atoms with Crippen LogP contribution in [0.2, 0.25) is 0 Å². The average molecular weight is 252 g/mol. The van der Waals surface area contributed by atoms with Crippen LogP contribution in [0.3, 0.4) is 0 Å². The summed E-state index contributed by atoms with van der Waals surface area (Å²) in [7, 11) is 0. The number of piperazine rings is 1. The van der Waals surface area contributed by atoms with Crippen molar-refractivity contribution in [2.75, 3.05) is 17.6 Å². The molecule has 0 aromatic heterocycles. The summed E-state index contributed by atoms with van der Waals surface area (Å²) in [5, 5.41) is 3.47. The number of hydrogen-bond acceptors (Lipinski definition) is 2. The summed E-state index contributed by atoms with van der Waals surface area (Å²) in [6.45, 7) is 2.44. The van der Waals surface area contributed by atoms with E-state index in [0.29, 0.717) is 0 Å². The molecular weight excluding hydrogens is 239 g/mol. The van der Waals surface area contributed by atoms with Gasteiger partial charge in [0.2, 0.25) is 0 Å². The van der Waals surface area contributed by atoms with Gasteiger partial charge in [0.25, 0.3) is 0 Å². The van der Waals surface area contributed by atoms with E-state index in [4.69, 9.17) is 0 Å². The van der Waals surface area contributed by atoms with Crippen molar-refractivity contribution < 1.29 is 0 Å². The second kappa shape index (κ2) is 2.95. The second-order valence-electron chi connectivity index (χ2n) is 3.18. The van der Waals surface area contributed by atoms with Crippen LogP contribution in [-0.2, 0) is 0 Å². The van der Waals surface area contributed by atoms with E-state index in [2.05, 4.69) is 32.8 Å². The van der Waals surface area contributed by atoms with Crippen molar-refractivity contribution in [2.24, 2.45) is 0 Å². The standard InChI is InChI=1S/C7H13IN2/c8-5-10-6-1-2-7(10)4-9-3-6/h6-7,9H,1-5H2. The Bertz CT molecular complexity index is 113. The molecule has 2 saturated heterocycles. The summed E-state index contributed by atoms with van der Waals surface area (Å²) in [6, 6.07) is 1.71. The monoisotopic (exact) mass is 252 g/mol. The van der Waals surface area contributed by atoms with E-state index in [9.17, 15) is 0 Å². The van der Waals surface area contributed by atoms with Crippen LogP contribution in [0, 0.1) is 0 Å². The summed E-state index contributed by atoms with van der Waals surface area (Å²) in [5.74, 6) is 0. The molecule has 2 fully saturated rings. The third kappa shape index (κ3) is 1.08. The Balaban J connectivity index is 2.06. The lowest BCUT2D eigenvalue weighted by Crippen LogP contribution is -2.50. The van der Waals surface area contributed by atoms with Gasteiger partial charge in [0.05, 0.1) is 4.55 Å². The minimum atomic E-state index is 0.857. The molecule has 2 aliphatic rings. The largest absolute Gasteiger partial charge is 0.314 e. The van der Waals surface area contributed by atoms with Gasteiger partial charge in [-0.15, -0.1) is 0 Å². The van der Waals surface area contributed by atoms with Crippen LogP contribution >= 0.6 is 22.6 Å². The Morgan fingerprint density at radius 3 is 2.30 bits per heavy atom. The van der Waals surface area contributed by atoms with Crippen molar-refractivity contribution in [2.45, 2.75) is 24.9 Å². The Hall–Kier alpha value is 0.650. The van der Waals surface area contributed by atoms with Gasteiger partial charge in [-0.25, -0.2) is 0 Å². The first-order chi connectivity index (χ1) is 4.92. The zero-order valence-electron chi connectivity index (χ0n) is 6.02. The van der Waals surface area contributed by atoms with Crippen molar-refractivity contribution in [1.29, 1.82) is 0 Å². The summed E-state index contributed by atoms with van der Waals surface area (Å²) < 4.78 is 1.22. The first-order valence-corrected chi connectivity index (χ1v) is 5.47. The molecule has 0 amide bonds. The maximum Gasteiger partial charge on any atom is 0.0512 e. The fourth-order valence-electron chi connectivity index (χ4n) is 2.06. The van der Waals surface area contributed by atoms with Gasteiger partial charge in [0, 0.05) is 25.2 Å². The minimum absolute atomic E-state index is 0.857. The van der Waals surface area contributed by atoms with Crippen LogP contribution in [0.1, 0.15) is 12.8 Å². The molecule has 1 N–H and O–H groups in total. The quantitative estimate of drug-likeness (QED) is 0.422. The molecule has 2 heterocycles. The van der Waals surface area contributed by atoms with Crippen LogP contribution in [0.25, 0.3) is 0 Å². The number of fused-ring (bicyclic) bond motifs is 2. The fourth-order valence-corrected chi connectivity index (χ4v) is 3.18. The van der Waals surface area contributed by atoms with E-state index in [1.54, 1.807) is 0 Å². The molecule has 0 aliphatic carbocycles. The van der Waals surface area contributed by atoms with Crippen molar-refractivity contribution >= 4 is 22.6 Å². The molecule has 2 bridgehead atoms. The lowest BCUT2D eigenvalue weighted by atomic mass is 10.2. The first kappa shape index (κ1) is 7.31. The van der Waals surface area contributed by atoms with E-state index in [0.717, 1.165) is 12.1 Å². The van der Waals surface area contributed by atoms with E-state index >= 15 is 0 Å². The maximum atomic E-state index is 3.47. The molecule has 0 aromatic rings. The van der Waals surface area contributed by atoms with E-state index in [1.165, 1.54) is 30.5 Å². The number of halogens is 1. The molecule has 2 aliphatic heterocycles. The molecular formula is C7H13IN2. The summed E-state index contributed by atoms with van der Waals surface area (Å²) in [6.07, 6.45) is 2.83. The molecule has 0 radical (unpaired) electrons. The Morgan fingerprint density at radius 2 is 1.90 bits per heavy atom. The summed E-state index contributed by atoms with van der Waals surface area (Å²) in [5.41, 5.74) is 0. The van der Waals surface area contributed by atoms with Gasteiger partial charge in [0.15, 0.2) is 0 Å². The lowest BCUT2D eigenvalue weighted by Gasteiger charge is -2.33. The number of hydrogen-bond donors (Lipinski definition) is 1. The Labute approximate surface area is 75.5 Å². The first-order valence-electron chi connectivity index (χ1n) is 3.94. The molecule has 0 aromatic carbocycles. The third-order valence-corrected chi connectivity index (χ3v) is 3.46. The lowest BCUT2D eigenvalue weighted by molar-refractivity contribution is 0.189. The number of nitrogens with one attached hydrogen (secondary N) is 1. The zero-order chi connectivity index (χ0) is 6.97. The van der Waals surface area contributed by atoms with E-state index in [-0.39, 0.29) is 0 Å². The van der Waals surface area contributed by atoms with Gasteiger partial charge in [-0.1, -0.05) is 22.6 Å². The van der Waals surface area contributed by atoms with Gasteiger partial charge in [-0.2, -0.15) is 0 Å². The molecule has 10 heavy (non-hydrogen) atoms. The normalized spacial score (nSPS) is 40.5. The van der Waals surface area contributed by atoms with Crippen molar-refractivity contribution in [3.63, 3.8) is 0 Å². The van der Waals surface area contributed by atoms with E-state index in [1.807, 2.05) is 0 Å². The smallest absolute Gasteiger partial charge is 0.0512 e. The molecule has 3 heteroatoms. The molecule has 2 rings (SSSR count). The highest BCUT2D eigenvalue weighted by atomic mass is 127. The average Bonchev–Trinajstić information content (AvgIpc) is 2.19. The van der Waals surface area contributed by atoms with Crippen LogP contribution in [-0.4, -0.2) is 34.6 Å². The molecule has 2 unspecified atom stereocenters.